The van der Waals surface area contributed by atoms with Crippen LogP contribution in [0.25, 0.3) is 49.0 Å². The van der Waals surface area contributed by atoms with Crippen LogP contribution in [0.3, 0.4) is 0 Å². The highest BCUT2D eigenvalue weighted by Gasteiger charge is 2.33. The second-order valence-corrected chi connectivity index (χ2v) is 12.3. The second kappa shape index (κ2) is 11.3. The molecule has 0 spiro atoms. The van der Waals surface area contributed by atoms with E-state index in [1.807, 2.05) is 6.07 Å². The van der Waals surface area contributed by atoms with Gasteiger partial charge in [0.1, 0.15) is 0 Å². The SMILES string of the molecule is C(#Cc1c2c(c(-c3ccccc3)c3c1ccc1ccccc13)C(c1ccc3ccccc3c1)=CC2c1ccccc1)c1ccccc1. The van der Waals surface area contributed by atoms with Gasteiger partial charge in [0.2, 0.25) is 0 Å². The van der Waals surface area contributed by atoms with E-state index in [-0.39, 0.29) is 5.92 Å². The van der Waals surface area contributed by atoms with Crippen LogP contribution in [0.1, 0.15) is 39.3 Å². The van der Waals surface area contributed by atoms with E-state index in [1.165, 1.54) is 71.3 Å². The fourth-order valence-electron chi connectivity index (χ4n) is 7.41. The average molecular weight is 595 g/mol. The van der Waals surface area contributed by atoms with Crippen molar-refractivity contribution < 1.29 is 0 Å². The molecule has 0 aromatic heterocycles. The van der Waals surface area contributed by atoms with Crippen LogP contribution in [-0.2, 0) is 0 Å². The van der Waals surface area contributed by atoms with E-state index < -0.39 is 0 Å². The van der Waals surface area contributed by atoms with Gasteiger partial charge in [-0.25, -0.2) is 0 Å². The maximum absolute atomic E-state index is 3.77. The first-order valence-electron chi connectivity index (χ1n) is 16.2. The normalized spacial score (nSPS) is 13.7. The summed E-state index contributed by atoms with van der Waals surface area (Å²) in [5.41, 5.74) is 10.9. The predicted octanol–water partition coefficient (Wildman–Crippen LogP) is 11.8. The first kappa shape index (κ1) is 27.2. The number of fused-ring (bicyclic) bond motifs is 5. The van der Waals surface area contributed by atoms with E-state index in [1.54, 1.807) is 0 Å². The Kier molecular flexibility index (Phi) is 6.55. The standard InChI is InChI=1S/C47H30/c1-4-14-32(15-5-1)24-28-40-41-29-27-35-19-12-13-23-39(35)45(41)44(36-20-8-3-9-21-36)47-43(31-42(46(40)47)34-17-6-2-7-18-34)38-26-25-33-16-10-11-22-37(33)30-38/h1-23,25-27,29-31,42H. The molecule has 0 heteroatoms. The molecule has 0 amide bonds. The van der Waals surface area contributed by atoms with Crippen LogP contribution < -0.4 is 0 Å². The minimum atomic E-state index is 0.0473. The maximum atomic E-state index is 3.77. The fourth-order valence-corrected chi connectivity index (χ4v) is 7.41. The van der Waals surface area contributed by atoms with Crippen molar-refractivity contribution in [2.24, 2.45) is 0 Å². The van der Waals surface area contributed by atoms with Gasteiger partial charge in [-0.2, -0.15) is 0 Å². The molecule has 8 aromatic rings. The first-order valence-corrected chi connectivity index (χ1v) is 16.2. The molecule has 0 N–H and O–H groups in total. The Morgan fingerprint density at radius 3 is 1.85 bits per heavy atom. The molecule has 47 heavy (non-hydrogen) atoms. The lowest BCUT2D eigenvalue weighted by Crippen LogP contribution is -2.04. The van der Waals surface area contributed by atoms with Gasteiger partial charge in [-0.3, -0.25) is 0 Å². The van der Waals surface area contributed by atoms with E-state index in [4.69, 9.17) is 0 Å². The van der Waals surface area contributed by atoms with Gasteiger partial charge in [-0.05, 0) is 89.5 Å². The molecule has 0 aliphatic heterocycles. The number of benzene rings is 8. The van der Waals surface area contributed by atoms with Crippen molar-refractivity contribution in [2.45, 2.75) is 5.92 Å². The zero-order valence-electron chi connectivity index (χ0n) is 25.8. The molecule has 0 fully saturated rings. The van der Waals surface area contributed by atoms with Crippen molar-refractivity contribution in [3.05, 3.63) is 209 Å². The van der Waals surface area contributed by atoms with Gasteiger partial charge < -0.3 is 0 Å². The summed E-state index contributed by atoms with van der Waals surface area (Å²) < 4.78 is 0. The summed E-state index contributed by atoms with van der Waals surface area (Å²) in [5.74, 6) is 7.38. The molecule has 8 aromatic carbocycles. The Morgan fingerprint density at radius 2 is 1.06 bits per heavy atom. The molecule has 9 rings (SSSR count). The van der Waals surface area contributed by atoms with Crippen molar-refractivity contribution in [3.63, 3.8) is 0 Å². The number of hydrogen-bond donors (Lipinski definition) is 0. The average Bonchev–Trinajstić information content (AvgIpc) is 3.54. The minimum Gasteiger partial charge on any atom is -0.0641 e. The van der Waals surface area contributed by atoms with Crippen molar-refractivity contribution in [1.29, 1.82) is 0 Å². The Bertz CT molecular complexity index is 2540. The third-order valence-electron chi connectivity index (χ3n) is 9.54. The molecule has 1 unspecified atom stereocenters. The van der Waals surface area contributed by atoms with Crippen LogP contribution in [0.15, 0.2) is 176 Å². The Morgan fingerprint density at radius 1 is 0.426 bits per heavy atom. The van der Waals surface area contributed by atoms with Crippen LogP contribution in [0, 0.1) is 11.8 Å². The molecule has 0 saturated heterocycles. The number of allylic oxidation sites excluding steroid dienone is 1. The van der Waals surface area contributed by atoms with Gasteiger partial charge in [0.15, 0.2) is 0 Å². The van der Waals surface area contributed by atoms with Crippen LogP contribution >= 0.6 is 0 Å². The molecular weight excluding hydrogens is 565 g/mol. The van der Waals surface area contributed by atoms with Crippen molar-refractivity contribution in [3.8, 4) is 23.0 Å². The van der Waals surface area contributed by atoms with Gasteiger partial charge in [0, 0.05) is 17.0 Å². The van der Waals surface area contributed by atoms with E-state index in [0.717, 1.165) is 11.1 Å². The molecular formula is C47H30. The van der Waals surface area contributed by atoms with Crippen molar-refractivity contribution >= 4 is 37.9 Å². The maximum Gasteiger partial charge on any atom is 0.0375 e. The van der Waals surface area contributed by atoms with Crippen LogP contribution in [-0.4, -0.2) is 0 Å². The zero-order valence-corrected chi connectivity index (χ0v) is 25.8. The molecule has 0 saturated carbocycles. The highest BCUT2D eigenvalue weighted by molar-refractivity contribution is 6.20. The minimum absolute atomic E-state index is 0.0473. The molecule has 0 bridgehead atoms. The highest BCUT2D eigenvalue weighted by Crippen LogP contribution is 2.53. The molecule has 0 heterocycles. The smallest absolute Gasteiger partial charge is 0.0375 e. The third-order valence-corrected chi connectivity index (χ3v) is 9.54. The van der Waals surface area contributed by atoms with Gasteiger partial charge >= 0.3 is 0 Å². The molecule has 1 aliphatic rings. The summed E-state index contributed by atoms with van der Waals surface area (Å²) in [7, 11) is 0. The zero-order chi connectivity index (χ0) is 31.2. The molecule has 1 aliphatic carbocycles. The lowest BCUT2D eigenvalue weighted by atomic mass is 9.80. The third kappa shape index (κ3) is 4.64. The van der Waals surface area contributed by atoms with Gasteiger partial charge in [-0.15, -0.1) is 0 Å². The quantitative estimate of drug-likeness (QED) is 0.141. The second-order valence-electron chi connectivity index (χ2n) is 12.3. The van der Waals surface area contributed by atoms with E-state index in [2.05, 4.69) is 182 Å². The van der Waals surface area contributed by atoms with Gasteiger partial charge in [-0.1, -0.05) is 170 Å². The molecule has 0 nitrogen and oxygen atoms in total. The fraction of sp³-hybridized carbons (Fsp3) is 0.0213. The summed E-state index contributed by atoms with van der Waals surface area (Å²) in [6.45, 7) is 0. The Balaban J connectivity index is 1.48. The molecule has 0 radical (unpaired) electrons. The lowest BCUT2D eigenvalue weighted by Gasteiger charge is -2.22. The van der Waals surface area contributed by atoms with E-state index >= 15 is 0 Å². The van der Waals surface area contributed by atoms with Crippen LogP contribution in [0.2, 0.25) is 0 Å². The molecule has 1 atom stereocenters. The largest absolute Gasteiger partial charge is 0.0641 e. The summed E-state index contributed by atoms with van der Waals surface area (Å²) >= 11 is 0. The van der Waals surface area contributed by atoms with E-state index in [9.17, 15) is 0 Å². The van der Waals surface area contributed by atoms with Crippen molar-refractivity contribution in [2.75, 3.05) is 0 Å². The summed E-state index contributed by atoms with van der Waals surface area (Å²) in [4.78, 5) is 0. The predicted molar refractivity (Wildman–Crippen MR) is 199 cm³/mol. The number of rotatable bonds is 3. The number of hydrogen-bond acceptors (Lipinski definition) is 0. The molecule has 218 valence electrons. The first-order chi connectivity index (χ1) is 23.3. The van der Waals surface area contributed by atoms with Crippen LogP contribution in [0.4, 0.5) is 0 Å². The topological polar surface area (TPSA) is 0 Å². The van der Waals surface area contributed by atoms with Gasteiger partial charge in [0.25, 0.3) is 0 Å². The summed E-state index contributed by atoms with van der Waals surface area (Å²) in [5, 5.41) is 7.41. The Labute approximate surface area is 275 Å². The van der Waals surface area contributed by atoms with Crippen molar-refractivity contribution in [1.82, 2.24) is 0 Å². The summed E-state index contributed by atoms with van der Waals surface area (Å²) in [6, 6.07) is 61.1. The van der Waals surface area contributed by atoms with Gasteiger partial charge in [0.05, 0.1) is 0 Å². The lowest BCUT2D eigenvalue weighted by molar-refractivity contribution is 1.05. The Hall–Kier alpha value is -6.16. The van der Waals surface area contributed by atoms with Crippen LogP contribution in [0.5, 0.6) is 0 Å². The van der Waals surface area contributed by atoms with E-state index in [0.29, 0.717) is 0 Å². The highest BCUT2D eigenvalue weighted by atomic mass is 14.4. The monoisotopic (exact) mass is 594 g/mol. The summed E-state index contributed by atoms with van der Waals surface area (Å²) in [6.07, 6.45) is 2.49.